The normalized spacial score (nSPS) is 17.2. The Labute approximate surface area is 179 Å². The quantitative estimate of drug-likeness (QED) is 0.344. The van der Waals surface area contributed by atoms with Crippen molar-refractivity contribution in [3.05, 3.63) is 34.9 Å². The lowest BCUT2D eigenvalue weighted by Gasteiger charge is -2.42. The Morgan fingerprint density at radius 3 is 1.30 bits per heavy atom. The van der Waals surface area contributed by atoms with E-state index >= 15 is 0 Å². The van der Waals surface area contributed by atoms with Gasteiger partial charge in [0.15, 0.2) is 0 Å². The fourth-order valence-corrected chi connectivity index (χ4v) is 2.58. The van der Waals surface area contributed by atoms with Gasteiger partial charge in [0.2, 0.25) is 0 Å². The van der Waals surface area contributed by atoms with E-state index in [4.69, 9.17) is 11.6 Å². The molecule has 0 aromatic heterocycles. The predicted molar refractivity (Wildman–Crippen MR) is 81.4 cm³/mol. The Bertz CT molecular complexity index is 842. The van der Waals surface area contributed by atoms with E-state index in [2.05, 4.69) is 0 Å². The van der Waals surface area contributed by atoms with Crippen molar-refractivity contribution in [1.29, 1.82) is 0 Å². The molecule has 0 heterocycles. The molecule has 0 spiro atoms. The van der Waals surface area contributed by atoms with Crippen LogP contribution >= 0.6 is 11.6 Å². The molecule has 0 aliphatic rings. The minimum absolute atomic E-state index is 0.106. The number of halogens is 16. The van der Waals surface area contributed by atoms with Crippen LogP contribution in [0.15, 0.2) is 24.3 Å². The Morgan fingerprint density at radius 2 is 0.939 bits per heavy atom. The van der Waals surface area contributed by atoms with Gasteiger partial charge in [-0.25, -0.2) is 0 Å². The minimum atomic E-state index is -8.36. The second-order valence-corrected chi connectivity index (χ2v) is 7.47. The summed E-state index contributed by atoms with van der Waals surface area (Å²) in [7, 11) is 0. The average molecular weight is 539 g/mol. The van der Waals surface area contributed by atoms with Crippen LogP contribution in [0.5, 0.6) is 0 Å². The molecular formula is C16H10ClF15O. The summed E-state index contributed by atoms with van der Waals surface area (Å²) in [5.41, 5.74) is -4.01. The van der Waals surface area contributed by atoms with Gasteiger partial charge in [-0.1, -0.05) is 23.7 Å². The topological polar surface area (TPSA) is 20.2 Å². The van der Waals surface area contributed by atoms with Crippen molar-refractivity contribution in [3.8, 4) is 0 Å². The highest BCUT2D eigenvalue weighted by Gasteiger charge is 2.93. The van der Waals surface area contributed by atoms with E-state index in [0.717, 1.165) is 12.1 Å². The lowest BCUT2D eigenvalue weighted by molar-refractivity contribution is -0.453. The van der Waals surface area contributed by atoms with Crippen molar-refractivity contribution in [1.82, 2.24) is 0 Å². The molecule has 1 aromatic rings. The molecule has 1 N–H and O–H groups in total. The largest absolute Gasteiger partial charge is 0.460 e. The van der Waals surface area contributed by atoms with Gasteiger partial charge in [-0.2, -0.15) is 65.9 Å². The highest BCUT2D eigenvalue weighted by Crippen LogP contribution is 2.63. The second kappa shape index (κ2) is 7.99. The third-order valence-electron chi connectivity index (χ3n) is 4.43. The number of aliphatic hydroxyl groups is 1. The minimum Gasteiger partial charge on any atom is -0.385 e. The Morgan fingerprint density at radius 1 is 0.606 bits per heavy atom. The molecule has 0 aliphatic carbocycles. The summed E-state index contributed by atoms with van der Waals surface area (Å²) in [5, 5.41) is 9.83. The van der Waals surface area contributed by atoms with E-state index in [1.807, 2.05) is 0 Å². The van der Waals surface area contributed by atoms with Crippen molar-refractivity contribution < 1.29 is 71.0 Å². The number of hydrogen-bond donors (Lipinski definition) is 1. The van der Waals surface area contributed by atoms with Gasteiger partial charge in [-0.15, -0.1) is 0 Å². The molecule has 0 bridgehead atoms. The molecule has 0 amide bonds. The summed E-state index contributed by atoms with van der Waals surface area (Å²) in [6.07, 6.45) is -10.5. The van der Waals surface area contributed by atoms with Crippen LogP contribution in [0, 0.1) is 0 Å². The van der Waals surface area contributed by atoms with E-state index in [1.165, 1.54) is 0 Å². The van der Waals surface area contributed by atoms with Crippen LogP contribution in [0.4, 0.5) is 65.9 Å². The summed E-state index contributed by atoms with van der Waals surface area (Å²) < 4.78 is 198. The van der Waals surface area contributed by atoms with E-state index in [0.29, 0.717) is 12.1 Å². The van der Waals surface area contributed by atoms with Gasteiger partial charge in [-0.3, -0.25) is 0 Å². The fourth-order valence-electron chi connectivity index (χ4n) is 2.45. The zero-order chi connectivity index (χ0) is 26.7. The lowest BCUT2D eigenvalue weighted by atomic mass is 9.84. The maximum atomic E-state index is 14.0. The monoisotopic (exact) mass is 538 g/mol. The lowest BCUT2D eigenvalue weighted by Crippen LogP contribution is -2.72. The molecule has 1 nitrogen and oxygen atoms in total. The summed E-state index contributed by atoms with van der Waals surface area (Å²) in [5.74, 6) is -47.1. The zero-order valence-electron chi connectivity index (χ0n) is 15.5. The number of alkyl halides is 15. The van der Waals surface area contributed by atoms with Crippen molar-refractivity contribution in [3.63, 3.8) is 0 Å². The van der Waals surface area contributed by atoms with Crippen molar-refractivity contribution >= 4 is 11.6 Å². The molecule has 1 unspecified atom stereocenters. The molecule has 0 saturated carbocycles. The summed E-state index contributed by atoms with van der Waals surface area (Å²) in [6.45, 7) is 0.281. The number of benzene rings is 1. The maximum absolute atomic E-state index is 14.0. The molecular weight excluding hydrogens is 529 g/mol. The van der Waals surface area contributed by atoms with Crippen LogP contribution in [-0.2, 0) is 5.60 Å². The van der Waals surface area contributed by atoms with Crippen LogP contribution in [0.3, 0.4) is 0 Å². The van der Waals surface area contributed by atoms with E-state index in [9.17, 15) is 71.0 Å². The smallest absolute Gasteiger partial charge is 0.385 e. The zero-order valence-corrected chi connectivity index (χ0v) is 16.3. The molecule has 1 aromatic carbocycles. The molecule has 1 rings (SSSR count). The molecule has 192 valence electrons. The third-order valence-corrected chi connectivity index (χ3v) is 4.68. The summed E-state index contributed by atoms with van der Waals surface area (Å²) in [4.78, 5) is 0. The van der Waals surface area contributed by atoms with Crippen LogP contribution < -0.4 is 0 Å². The van der Waals surface area contributed by atoms with Crippen LogP contribution in [0.2, 0.25) is 5.02 Å². The third kappa shape index (κ3) is 4.44. The highest BCUT2D eigenvalue weighted by molar-refractivity contribution is 6.30. The second-order valence-electron chi connectivity index (χ2n) is 7.03. The van der Waals surface area contributed by atoms with Crippen molar-refractivity contribution in [2.24, 2.45) is 0 Å². The van der Waals surface area contributed by atoms with Gasteiger partial charge in [0.05, 0.1) is 12.0 Å². The van der Waals surface area contributed by atoms with Gasteiger partial charge < -0.3 is 5.11 Å². The van der Waals surface area contributed by atoms with Crippen LogP contribution in [0.25, 0.3) is 0 Å². The Balaban J connectivity index is 3.52. The van der Waals surface area contributed by atoms with Crippen molar-refractivity contribution in [2.45, 2.75) is 60.7 Å². The first-order valence-electron chi connectivity index (χ1n) is 8.03. The predicted octanol–water partition coefficient (Wildman–Crippen LogP) is 7.31. The van der Waals surface area contributed by atoms with E-state index < -0.39 is 59.3 Å². The highest BCUT2D eigenvalue weighted by atomic mass is 35.5. The molecule has 0 fully saturated rings. The molecule has 1 atom stereocenters. The fraction of sp³-hybridized carbons (Fsp3) is 0.625. The first kappa shape index (κ1) is 29.5. The SMILES string of the molecule is CC(O)(CC(F)(F)C(F)(F)C(F)(F)C(F)(F)C(F)(F)C(F)(F)C(F)(F)F)c1ccc(Cl)cc1. The first-order chi connectivity index (χ1) is 14.2. The molecule has 0 saturated heterocycles. The van der Waals surface area contributed by atoms with E-state index in [1.54, 1.807) is 0 Å². The Hall–Kier alpha value is -1.58. The molecule has 0 aliphatic heterocycles. The van der Waals surface area contributed by atoms with Gasteiger partial charge in [0.25, 0.3) is 0 Å². The molecule has 33 heavy (non-hydrogen) atoms. The van der Waals surface area contributed by atoms with E-state index in [-0.39, 0.29) is 11.9 Å². The number of rotatable bonds is 8. The van der Waals surface area contributed by atoms with Gasteiger partial charge in [0.1, 0.15) is 0 Å². The summed E-state index contributed by atoms with van der Waals surface area (Å²) >= 11 is 5.44. The van der Waals surface area contributed by atoms with Gasteiger partial charge in [-0.05, 0) is 24.6 Å². The van der Waals surface area contributed by atoms with Crippen molar-refractivity contribution in [2.75, 3.05) is 0 Å². The molecule has 0 radical (unpaired) electrons. The summed E-state index contributed by atoms with van der Waals surface area (Å²) in [6, 6.07) is 3.15. The Kier molecular flexibility index (Phi) is 7.13. The first-order valence-corrected chi connectivity index (χ1v) is 8.40. The van der Waals surface area contributed by atoms with Crippen LogP contribution in [0.1, 0.15) is 18.9 Å². The van der Waals surface area contributed by atoms with Crippen LogP contribution in [-0.4, -0.2) is 46.8 Å². The maximum Gasteiger partial charge on any atom is 0.460 e. The average Bonchev–Trinajstić information content (AvgIpc) is 2.59. The molecule has 17 heteroatoms. The number of hydrogen-bond acceptors (Lipinski definition) is 1. The van der Waals surface area contributed by atoms with Gasteiger partial charge >= 0.3 is 41.7 Å². The standard InChI is InChI=1S/C16H10ClF15O/c1-9(33,7-2-4-8(17)5-3-7)6-10(18,19)11(20,21)12(22,23)13(24,25)14(26,27)15(28,29)16(30,31)32/h2-5,33H,6H2,1H3. The van der Waals surface area contributed by atoms with Gasteiger partial charge in [0, 0.05) is 5.02 Å².